The number of anilines is 1. The van der Waals surface area contributed by atoms with E-state index in [4.69, 9.17) is 4.74 Å². The first-order valence-corrected chi connectivity index (χ1v) is 12.2. The quantitative estimate of drug-likeness (QED) is 0.550. The fourth-order valence-electron chi connectivity index (χ4n) is 4.30. The molecule has 1 unspecified atom stereocenters. The van der Waals surface area contributed by atoms with Gasteiger partial charge in [-0.3, -0.25) is 9.30 Å². The fourth-order valence-corrected chi connectivity index (χ4v) is 5.72. The standard InChI is InChI=1S/C23H30N4O3S/c1-23(2)16-19(18-9-5-7-11-21(18)30-23)26-22(24-3)25-13-15-31(28,29)27-14-12-17-8-4-6-10-20(17)27/h4-11,19H,12-16H2,1-3H3,(H2,24,25,26). The zero-order chi connectivity index (χ0) is 22.1. The molecule has 2 aromatic carbocycles. The molecule has 2 aliphatic rings. The van der Waals surface area contributed by atoms with Crippen molar-refractivity contribution in [1.29, 1.82) is 0 Å². The van der Waals surface area contributed by atoms with Gasteiger partial charge in [-0.2, -0.15) is 0 Å². The molecule has 0 aliphatic carbocycles. The van der Waals surface area contributed by atoms with Crippen LogP contribution in [-0.4, -0.2) is 45.9 Å². The van der Waals surface area contributed by atoms with Crippen molar-refractivity contribution in [1.82, 2.24) is 10.6 Å². The topological polar surface area (TPSA) is 83.0 Å². The zero-order valence-electron chi connectivity index (χ0n) is 18.3. The van der Waals surface area contributed by atoms with E-state index in [1.807, 2.05) is 48.5 Å². The average molecular weight is 443 g/mol. The lowest BCUT2D eigenvalue weighted by molar-refractivity contribution is 0.0694. The Morgan fingerprint density at radius 1 is 1.19 bits per heavy atom. The SMILES string of the molecule is CN=C(NCCS(=O)(=O)N1CCc2ccccc21)NC1CC(C)(C)Oc2ccccc21. The fraction of sp³-hybridized carbons (Fsp3) is 0.435. The van der Waals surface area contributed by atoms with Gasteiger partial charge in [0.15, 0.2) is 5.96 Å². The largest absolute Gasteiger partial charge is 0.487 e. The molecule has 1 atom stereocenters. The normalized spacial score (nSPS) is 19.9. The van der Waals surface area contributed by atoms with Gasteiger partial charge in [-0.15, -0.1) is 0 Å². The van der Waals surface area contributed by atoms with Crippen LogP contribution in [0, 0.1) is 0 Å². The Morgan fingerprint density at radius 3 is 2.74 bits per heavy atom. The predicted octanol–water partition coefficient (Wildman–Crippen LogP) is 2.85. The number of rotatable bonds is 5. The van der Waals surface area contributed by atoms with Crippen LogP contribution in [0.15, 0.2) is 53.5 Å². The first-order chi connectivity index (χ1) is 14.8. The van der Waals surface area contributed by atoms with E-state index in [0.29, 0.717) is 12.5 Å². The van der Waals surface area contributed by atoms with Crippen LogP contribution in [0.3, 0.4) is 0 Å². The van der Waals surface area contributed by atoms with Crippen LogP contribution in [0.2, 0.25) is 0 Å². The third-order valence-electron chi connectivity index (χ3n) is 5.74. The van der Waals surface area contributed by atoms with Crippen molar-refractivity contribution in [2.24, 2.45) is 4.99 Å². The minimum absolute atomic E-state index is 0.00209. The van der Waals surface area contributed by atoms with Crippen molar-refractivity contribution in [3.63, 3.8) is 0 Å². The number of aliphatic imine (C=N–C) groups is 1. The molecule has 0 radical (unpaired) electrons. The van der Waals surface area contributed by atoms with Gasteiger partial charge in [0.05, 0.1) is 17.5 Å². The summed E-state index contributed by atoms with van der Waals surface area (Å²) in [6, 6.07) is 15.7. The van der Waals surface area contributed by atoms with Crippen LogP contribution < -0.4 is 19.7 Å². The molecule has 7 nitrogen and oxygen atoms in total. The van der Waals surface area contributed by atoms with Crippen molar-refractivity contribution in [2.45, 2.75) is 38.3 Å². The molecule has 0 amide bonds. The van der Waals surface area contributed by atoms with E-state index < -0.39 is 10.0 Å². The maximum absolute atomic E-state index is 12.9. The molecule has 4 rings (SSSR count). The molecule has 0 saturated carbocycles. The molecule has 2 aliphatic heterocycles. The molecule has 2 aromatic rings. The van der Waals surface area contributed by atoms with E-state index in [1.165, 1.54) is 4.31 Å². The van der Waals surface area contributed by atoms with E-state index in [9.17, 15) is 8.42 Å². The molecule has 0 fully saturated rings. The average Bonchev–Trinajstić information content (AvgIpc) is 3.17. The molecule has 166 valence electrons. The number of nitrogens with zero attached hydrogens (tertiary/aromatic N) is 2. The highest BCUT2D eigenvalue weighted by molar-refractivity contribution is 7.92. The third-order valence-corrected chi connectivity index (χ3v) is 7.51. The van der Waals surface area contributed by atoms with Crippen LogP contribution in [0.25, 0.3) is 0 Å². The summed E-state index contributed by atoms with van der Waals surface area (Å²) in [6.07, 6.45) is 1.53. The lowest BCUT2D eigenvalue weighted by Crippen LogP contribution is -2.46. The van der Waals surface area contributed by atoms with Gasteiger partial charge >= 0.3 is 0 Å². The van der Waals surface area contributed by atoms with Crippen LogP contribution in [0.4, 0.5) is 5.69 Å². The van der Waals surface area contributed by atoms with Gasteiger partial charge in [-0.1, -0.05) is 36.4 Å². The Labute approximate surface area is 184 Å². The molecule has 8 heteroatoms. The predicted molar refractivity (Wildman–Crippen MR) is 124 cm³/mol. The van der Waals surface area contributed by atoms with Gasteiger partial charge in [0.25, 0.3) is 0 Å². The van der Waals surface area contributed by atoms with E-state index in [0.717, 1.165) is 35.4 Å². The lowest BCUT2D eigenvalue weighted by atomic mass is 9.90. The maximum atomic E-state index is 12.9. The van der Waals surface area contributed by atoms with Crippen molar-refractivity contribution in [2.75, 3.05) is 30.2 Å². The number of hydrogen-bond donors (Lipinski definition) is 2. The number of nitrogens with one attached hydrogen (secondary N) is 2. The molecule has 0 saturated heterocycles. The number of hydrogen-bond acceptors (Lipinski definition) is 4. The van der Waals surface area contributed by atoms with Gasteiger partial charge in [0, 0.05) is 32.1 Å². The number of ether oxygens (including phenoxy) is 1. The molecular weight excluding hydrogens is 412 g/mol. The van der Waals surface area contributed by atoms with Crippen molar-refractivity contribution < 1.29 is 13.2 Å². The Kier molecular flexibility index (Phi) is 5.83. The van der Waals surface area contributed by atoms with Gasteiger partial charge in [-0.25, -0.2) is 8.42 Å². The van der Waals surface area contributed by atoms with E-state index >= 15 is 0 Å². The molecule has 0 bridgehead atoms. The summed E-state index contributed by atoms with van der Waals surface area (Å²) in [5.74, 6) is 1.44. The summed E-state index contributed by atoms with van der Waals surface area (Å²) in [4.78, 5) is 4.30. The smallest absolute Gasteiger partial charge is 0.236 e. The zero-order valence-corrected chi connectivity index (χ0v) is 19.1. The second-order valence-electron chi connectivity index (χ2n) is 8.57. The second kappa shape index (κ2) is 8.42. The van der Waals surface area contributed by atoms with Gasteiger partial charge in [0.2, 0.25) is 10.0 Å². The first kappa shape index (κ1) is 21.5. The Hall–Kier alpha value is -2.74. The minimum atomic E-state index is -3.41. The number of guanidine groups is 1. The van der Waals surface area contributed by atoms with E-state index in [2.05, 4.69) is 29.5 Å². The van der Waals surface area contributed by atoms with Gasteiger partial charge in [0.1, 0.15) is 11.4 Å². The van der Waals surface area contributed by atoms with Gasteiger partial charge < -0.3 is 15.4 Å². The third kappa shape index (κ3) is 4.63. The van der Waals surface area contributed by atoms with E-state index in [1.54, 1.807) is 7.05 Å². The van der Waals surface area contributed by atoms with Crippen LogP contribution in [0.1, 0.15) is 37.4 Å². The monoisotopic (exact) mass is 442 g/mol. The Morgan fingerprint density at radius 2 is 1.94 bits per heavy atom. The summed E-state index contributed by atoms with van der Waals surface area (Å²) in [6.45, 7) is 4.90. The number of benzene rings is 2. The number of para-hydroxylation sites is 2. The highest BCUT2D eigenvalue weighted by atomic mass is 32.2. The molecule has 2 N–H and O–H groups in total. The number of fused-ring (bicyclic) bond motifs is 2. The maximum Gasteiger partial charge on any atom is 0.236 e. The highest BCUT2D eigenvalue weighted by Crippen LogP contribution is 2.39. The summed E-state index contributed by atoms with van der Waals surface area (Å²) in [7, 11) is -1.72. The molecular formula is C23H30N4O3S. The van der Waals surface area contributed by atoms with Crippen molar-refractivity contribution >= 4 is 21.7 Å². The molecule has 2 heterocycles. The number of sulfonamides is 1. The molecule has 0 aromatic heterocycles. The van der Waals surface area contributed by atoms with Crippen molar-refractivity contribution in [3.05, 3.63) is 59.7 Å². The summed E-state index contributed by atoms with van der Waals surface area (Å²) < 4.78 is 33.4. The first-order valence-electron chi connectivity index (χ1n) is 10.6. The summed E-state index contributed by atoms with van der Waals surface area (Å²) in [5, 5.41) is 6.61. The second-order valence-corrected chi connectivity index (χ2v) is 10.6. The Bertz CT molecular complexity index is 1080. The van der Waals surface area contributed by atoms with Crippen LogP contribution >= 0.6 is 0 Å². The van der Waals surface area contributed by atoms with E-state index in [-0.39, 0.29) is 23.9 Å². The molecule has 31 heavy (non-hydrogen) atoms. The lowest BCUT2D eigenvalue weighted by Gasteiger charge is -2.38. The highest BCUT2D eigenvalue weighted by Gasteiger charge is 2.34. The van der Waals surface area contributed by atoms with Crippen LogP contribution in [-0.2, 0) is 16.4 Å². The van der Waals surface area contributed by atoms with Gasteiger partial charge in [-0.05, 0) is 38.0 Å². The minimum Gasteiger partial charge on any atom is -0.487 e. The Balaban J connectivity index is 1.39. The van der Waals surface area contributed by atoms with Crippen molar-refractivity contribution in [3.8, 4) is 5.75 Å². The summed E-state index contributed by atoms with van der Waals surface area (Å²) >= 11 is 0. The summed E-state index contributed by atoms with van der Waals surface area (Å²) in [5.41, 5.74) is 2.64. The van der Waals surface area contributed by atoms with Crippen LogP contribution in [0.5, 0.6) is 5.75 Å². The molecule has 0 spiro atoms.